The first-order chi connectivity index (χ1) is 24.5. The Kier molecular flexibility index (Phi) is 11.5. The van der Waals surface area contributed by atoms with E-state index in [4.69, 9.17) is 24.6 Å². The minimum absolute atomic E-state index is 0.0411. The molecule has 1 atom stereocenters. The monoisotopic (exact) mass is 758 g/mol. The van der Waals surface area contributed by atoms with Gasteiger partial charge in [0, 0.05) is 20.7 Å². The molecule has 258 valence electrons. The summed E-state index contributed by atoms with van der Waals surface area (Å²) in [6.07, 6.45) is 3.08. The summed E-state index contributed by atoms with van der Waals surface area (Å²) in [5, 5.41) is 4.96. The summed E-state index contributed by atoms with van der Waals surface area (Å²) in [6.45, 7) is 0. The molecule has 1 aliphatic rings. The molecule has 0 amide bonds. The summed E-state index contributed by atoms with van der Waals surface area (Å²) in [6, 6.07) is 56.9. The van der Waals surface area contributed by atoms with Gasteiger partial charge in [-0.15, -0.1) is 0 Å². The van der Waals surface area contributed by atoms with Crippen LogP contribution in [-0.4, -0.2) is 18.5 Å². The van der Waals surface area contributed by atoms with Crippen LogP contribution in [0.5, 0.6) is 0 Å². The highest BCUT2D eigenvalue weighted by molar-refractivity contribution is 7.99. The minimum atomic E-state index is -5.84. The summed E-state index contributed by atoms with van der Waals surface area (Å²) in [5.41, 5.74) is 0.903. The van der Waals surface area contributed by atoms with Crippen molar-refractivity contribution in [3.05, 3.63) is 191 Å². The van der Waals surface area contributed by atoms with Crippen LogP contribution in [0.1, 0.15) is 33.7 Å². The number of fused-ring (bicyclic) bond motifs is 1. The average molecular weight is 759 g/mol. The Balaban J connectivity index is 0.000000503. The highest BCUT2D eigenvalue weighted by atomic mass is 35.5. The largest absolute Gasteiger partial charge is 0.522 e. The van der Waals surface area contributed by atoms with Gasteiger partial charge >= 0.3 is 15.6 Å². The Bertz CT molecular complexity index is 2190. The summed E-state index contributed by atoms with van der Waals surface area (Å²) in [7, 11) is -6.46. The van der Waals surface area contributed by atoms with E-state index in [0.29, 0.717) is 0 Å². The van der Waals surface area contributed by atoms with Gasteiger partial charge in [0.05, 0.1) is 0 Å². The van der Waals surface area contributed by atoms with Gasteiger partial charge in [0.15, 0.2) is 0 Å². The van der Waals surface area contributed by atoms with E-state index in [9.17, 15) is 13.2 Å². The number of halogens is 4. The van der Waals surface area contributed by atoms with Crippen LogP contribution in [0.2, 0.25) is 0 Å². The van der Waals surface area contributed by atoms with Crippen molar-refractivity contribution in [3.8, 4) is 0 Å². The van der Waals surface area contributed by atoms with E-state index in [1.54, 1.807) is 0 Å². The molecule has 0 aromatic heterocycles. The van der Waals surface area contributed by atoms with Crippen LogP contribution in [-0.2, 0) is 16.5 Å². The molecule has 0 fully saturated rings. The van der Waals surface area contributed by atoms with Crippen LogP contribution in [0.3, 0.4) is 0 Å². The first-order valence-corrected chi connectivity index (χ1v) is 19.8. The molecule has 7 rings (SSSR count). The van der Waals surface area contributed by atoms with E-state index in [2.05, 4.69) is 164 Å². The van der Waals surface area contributed by atoms with Crippen LogP contribution >= 0.6 is 31.3 Å². The number of alkyl halides is 3. The molecule has 1 unspecified atom stereocenters. The molecule has 0 bridgehead atoms. The molecule has 0 saturated carbocycles. The molecular formula is C41H31ClF3O3PS2. The molecule has 0 aliphatic heterocycles. The maximum atomic E-state index is 10.7. The van der Waals surface area contributed by atoms with Gasteiger partial charge in [-0.05, 0) is 82.3 Å². The Morgan fingerprint density at radius 1 is 0.647 bits per heavy atom. The van der Waals surface area contributed by atoms with E-state index >= 15 is 0 Å². The van der Waals surface area contributed by atoms with E-state index in [-0.39, 0.29) is 5.92 Å². The highest BCUT2D eigenvalue weighted by Gasteiger charge is 2.44. The number of hydrogen-bond acceptors (Lipinski definition) is 3. The van der Waals surface area contributed by atoms with E-state index < -0.39 is 23.5 Å². The lowest BCUT2D eigenvalue weighted by molar-refractivity contribution is -0.0510. The minimum Gasteiger partial charge on any atom is -0.279 e. The predicted molar refractivity (Wildman–Crippen MR) is 205 cm³/mol. The number of benzene rings is 6. The first kappa shape index (κ1) is 36.6. The van der Waals surface area contributed by atoms with Crippen LogP contribution in [0.25, 0.3) is 6.08 Å². The molecule has 0 heterocycles. The SMILES string of the molecule is ClC1=Cc2c(Cc3ccccc3)cccc2C1c1ccccc1Sc1ccc(P(c2ccccc2)c2ccccc2)cc1.O=S(=O)(O)C(F)(F)F. The Morgan fingerprint density at radius 3 is 1.71 bits per heavy atom. The maximum absolute atomic E-state index is 10.7. The van der Waals surface area contributed by atoms with E-state index in [0.717, 1.165) is 11.5 Å². The van der Waals surface area contributed by atoms with Gasteiger partial charge in [-0.25, -0.2) is 0 Å². The Labute approximate surface area is 306 Å². The zero-order chi connectivity index (χ0) is 36.0. The molecule has 6 aromatic carbocycles. The van der Waals surface area contributed by atoms with Crippen LogP contribution < -0.4 is 15.9 Å². The summed E-state index contributed by atoms with van der Waals surface area (Å²) < 4.78 is 57.5. The molecule has 0 saturated heterocycles. The van der Waals surface area contributed by atoms with Crippen molar-refractivity contribution >= 4 is 63.4 Å². The lowest BCUT2D eigenvalue weighted by Crippen LogP contribution is -2.21. The van der Waals surface area contributed by atoms with Gasteiger partial charge in [-0.1, -0.05) is 163 Å². The molecule has 51 heavy (non-hydrogen) atoms. The molecular weight excluding hydrogens is 728 g/mol. The van der Waals surface area contributed by atoms with Crippen molar-refractivity contribution in [2.45, 2.75) is 27.6 Å². The van der Waals surface area contributed by atoms with Crippen LogP contribution in [0, 0.1) is 0 Å². The second kappa shape index (κ2) is 16.0. The van der Waals surface area contributed by atoms with Crippen molar-refractivity contribution < 1.29 is 26.1 Å². The van der Waals surface area contributed by atoms with Gasteiger partial charge < -0.3 is 0 Å². The van der Waals surface area contributed by atoms with Crippen molar-refractivity contribution in [1.82, 2.24) is 0 Å². The molecule has 3 nitrogen and oxygen atoms in total. The van der Waals surface area contributed by atoms with Gasteiger partial charge in [-0.2, -0.15) is 21.6 Å². The van der Waals surface area contributed by atoms with Crippen molar-refractivity contribution in [1.29, 1.82) is 0 Å². The topological polar surface area (TPSA) is 54.4 Å². The van der Waals surface area contributed by atoms with Crippen molar-refractivity contribution in [3.63, 3.8) is 0 Å². The summed E-state index contributed by atoms with van der Waals surface area (Å²) in [4.78, 5) is 2.46. The fourth-order valence-corrected chi connectivity index (χ4v) is 9.52. The maximum Gasteiger partial charge on any atom is 0.522 e. The third-order valence-electron chi connectivity index (χ3n) is 8.21. The van der Waals surface area contributed by atoms with Gasteiger partial charge in [0.2, 0.25) is 0 Å². The zero-order valence-corrected chi connectivity index (χ0v) is 30.2. The fraction of sp³-hybridized carbons (Fsp3) is 0.0732. The second-order valence-corrected chi connectivity index (χ2v) is 16.8. The number of hydrogen-bond donors (Lipinski definition) is 1. The Hall–Kier alpha value is -4.17. The van der Waals surface area contributed by atoms with E-state index in [1.807, 2.05) is 11.8 Å². The predicted octanol–water partition coefficient (Wildman–Crippen LogP) is 10.3. The van der Waals surface area contributed by atoms with Gasteiger partial charge in [0.25, 0.3) is 0 Å². The number of allylic oxidation sites excluding steroid dienone is 1. The highest BCUT2D eigenvalue weighted by Crippen LogP contribution is 2.48. The van der Waals surface area contributed by atoms with Gasteiger partial charge in [-0.3, -0.25) is 4.55 Å². The molecule has 10 heteroatoms. The summed E-state index contributed by atoms with van der Waals surface area (Å²) in [5.74, 6) is 0.0411. The zero-order valence-electron chi connectivity index (χ0n) is 26.9. The van der Waals surface area contributed by atoms with E-state index in [1.165, 1.54) is 53.5 Å². The normalized spacial score (nSPS) is 14.0. The fourth-order valence-electron chi connectivity index (χ4n) is 5.92. The van der Waals surface area contributed by atoms with Crippen LogP contribution in [0.4, 0.5) is 13.2 Å². The molecule has 0 radical (unpaired) electrons. The lowest BCUT2D eigenvalue weighted by Gasteiger charge is -2.20. The van der Waals surface area contributed by atoms with Gasteiger partial charge in [0.1, 0.15) is 0 Å². The quantitative estimate of drug-likeness (QED) is 0.0954. The summed E-state index contributed by atoms with van der Waals surface area (Å²) >= 11 is 8.87. The van der Waals surface area contributed by atoms with Crippen molar-refractivity contribution in [2.24, 2.45) is 0 Å². The average Bonchev–Trinajstić information content (AvgIpc) is 3.46. The molecule has 6 aromatic rings. The smallest absolute Gasteiger partial charge is 0.279 e. The molecule has 1 aliphatic carbocycles. The first-order valence-electron chi connectivity index (χ1n) is 15.8. The standard InChI is InChI=1S/C40H30ClPS.CHF3O3S/c41-38-28-37-30(27-29-13-4-1-5-14-29)15-12-21-35(37)40(38)36-20-10-11-22-39(36)43-34-25-23-33(24-26-34)42(31-16-6-2-7-17-31)32-18-8-3-9-19-32;2-1(3,4)8(5,6)7/h1-26,28,40H,27H2;(H,5,6,7). The number of rotatable bonds is 8. The lowest BCUT2D eigenvalue weighted by atomic mass is 9.90. The Morgan fingerprint density at radius 2 is 1.14 bits per heavy atom. The molecule has 1 N–H and O–H groups in total. The van der Waals surface area contributed by atoms with Crippen molar-refractivity contribution in [2.75, 3.05) is 0 Å². The molecule has 0 spiro atoms. The van der Waals surface area contributed by atoms with Crippen LogP contribution in [0.15, 0.2) is 173 Å². The third kappa shape index (κ3) is 8.83. The third-order valence-corrected chi connectivity index (χ3v) is 12.7. The second-order valence-electron chi connectivity index (χ2n) is 11.6.